The van der Waals surface area contributed by atoms with Crippen LogP contribution < -0.4 is 19.6 Å². The average molecular weight is 416 g/mol. The van der Waals surface area contributed by atoms with Gasteiger partial charge in [0.05, 0.1) is 38.1 Å². The molecule has 3 rings (SSSR count). The number of allylic oxidation sites excluding steroid dienone is 1. The number of methoxy groups -OCH3 is 2. The Balaban J connectivity index is 2.28. The van der Waals surface area contributed by atoms with Gasteiger partial charge in [-0.25, -0.2) is 14.6 Å². The lowest BCUT2D eigenvalue weighted by atomic mass is 9.96. The van der Waals surface area contributed by atoms with Gasteiger partial charge in [-0.2, -0.15) is 0 Å². The molecular formula is C20H20N2O6S. The van der Waals surface area contributed by atoms with Crippen LogP contribution in [0.3, 0.4) is 0 Å². The van der Waals surface area contributed by atoms with Crippen molar-refractivity contribution in [2.45, 2.75) is 19.9 Å². The van der Waals surface area contributed by atoms with Crippen LogP contribution in [0.25, 0.3) is 6.08 Å². The number of benzene rings is 1. The van der Waals surface area contributed by atoms with E-state index in [1.165, 1.54) is 11.7 Å². The van der Waals surface area contributed by atoms with Crippen LogP contribution in [0.15, 0.2) is 45.3 Å². The molecule has 0 saturated carbocycles. The molecule has 1 aliphatic heterocycles. The van der Waals surface area contributed by atoms with E-state index in [0.717, 1.165) is 17.4 Å². The maximum absolute atomic E-state index is 13.1. The number of ether oxygens (including phenoxy) is 3. The highest BCUT2D eigenvalue weighted by molar-refractivity contribution is 7.07. The quantitative estimate of drug-likeness (QED) is 0.673. The topological polar surface area (TPSA) is 96.2 Å². The molecule has 9 heteroatoms. The number of carbonyl (C=O) groups is 2. The molecule has 152 valence electrons. The van der Waals surface area contributed by atoms with Crippen LogP contribution in [-0.2, 0) is 19.1 Å². The van der Waals surface area contributed by atoms with Crippen molar-refractivity contribution >= 4 is 29.4 Å². The van der Waals surface area contributed by atoms with E-state index in [9.17, 15) is 14.4 Å². The summed E-state index contributed by atoms with van der Waals surface area (Å²) < 4.78 is 16.6. The van der Waals surface area contributed by atoms with Crippen LogP contribution in [0.2, 0.25) is 0 Å². The first-order chi connectivity index (χ1) is 13.9. The second-order valence-corrected chi connectivity index (χ2v) is 7.11. The first-order valence-corrected chi connectivity index (χ1v) is 9.64. The average Bonchev–Trinajstić information content (AvgIpc) is 3.01. The Morgan fingerprint density at radius 2 is 1.93 bits per heavy atom. The Morgan fingerprint density at radius 3 is 2.52 bits per heavy atom. The van der Waals surface area contributed by atoms with Crippen LogP contribution >= 0.6 is 11.3 Å². The van der Waals surface area contributed by atoms with Crippen molar-refractivity contribution in [1.82, 2.24) is 4.57 Å². The highest BCUT2D eigenvalue weighted by Gasteiger charge is 2.33. The minimum Gasteiger partial charge on any atom is -0.497 e. The van der Waals surface area contributed by atoms with E-state index >= 15 is 0 Å². The molecule has 0 bridgehead atoms. The summed E-state index contributed by atoms with van der Waals surface area (Å²) in [6.07, 6.45) is 1.12. The highest BCUT2D eigenvalue weighted by atomic mass is 32.1. The summed E-state index contributed by atoms with van der Waals surface area (Å²) >= 11 is 1.06. The summed E-state index contributed by atoms with van der Waals surface area (Å²) in [7, 11) is 2.79. The molecule has 0 spiro atoms. The third-order valence-electron chi connectivity index (χ3n) is 4.40. The number of aromatic nitrogens is 1. The SMILES string of the molecule is CCOC(=O)C1=C(C)N=c2sc(=CC(=O)OC)c(=O)n2C1c1ccc(OC)cc1. The van der Waals surface area contributed by atoms with Gasteiger partial charge in [0.2, 0.25) is 0 Å². The van der Waals surface area contributed by atoms with Gasteiger partial charge >= 0.3 is 11.9 Å². The summed E-state index contributed by atoms with van der Waals surface area (Å²) in [6.45, 7) is 3.60. The van der Waals surface area contributed by atoms with Crippen LogP contribution in [0, 0.1) is 0 Å². The number of carbonyl (C=O) groups excluding carboxylic acids is 2. The zero-order valence-corrected chi connectivity index (χ0v) is 17.2. The lowest BCUT2D eigenvalue weighted by Crippen LogP contribution is -2.40. The first-order valence-electron chi connectivity index (χ1n) is 8.82. The zero-order chi connectivity index (χ0) is 21.1. The molecule has 0 N–H and O–H groups in total. The van der Waals surface area contributed by atoms with Crippen LogP contribution in [0.4, 0.5) is 0 Å². The van der Waals surface area contributed by atoms with E-state index in [-0.39, 0.29) is 16.7 Å². The van der Waals surface area contributed by atoms with Gasteiger partial charge in [0.15, 0.2) is 4.80 Å². The summed E-state index contributed by atoms with van der Waals surface area (Å²) in [4.78, 5) is 42.2. The van der Waals surface area contributed by atoms with E-state index in [1.807, 2.05) is 0 Å². The van der Waals surface area contributed by atoms with Gasteiger partial charge in [0.1, 0.15) is 10.3 Å². The maximum Gasteiger partial charge on any atom is 0.338 e. The smallest absolute Gasteiger partial charge is 0.338 e. The van der Waals surface area contributed by atoms with Gasteiger partial charge in [-0.3, -0.25) is 9.36 Å². The van der Waals surface area contributed by atoms with Crippen molar-refractivity contribution in [1.29, 1.82) is 0 Å². The van der Waals surface area contributed by atoms with Crippen molar-refractivity contribution < 1.29 is 23.8 Å². The van der Waals surface area contributed by atoms with Crippen molar-refractivity contribution in [3.8, 4) is 5.75 Å². The van der Waals surface area contributed by atoms with Gasteiger partial charge < -0.3 is 14.2 Å². The van der Waals surface area contributed by atoms with E-state index in [4.69, 9.17) is 9.47 Å². The van der Waals surface area contributed by atoms with Gasteiger partial charge in [0, 0.05) is 6.08 Å². The number of hydrogen-bond acceptors (Lipinski definition) is 8. The summed E-state index contributed by atoms with van der Waals surface area (Å²) in [5, 5.41) is 0. The van der Waals surface area contributed by atoms with E-state index in [1.54, 1.807) is 45.2 Å². The molecule has 1 atom stereocenters. The molecule has 8 nitrogen and oxygen atoms in total. The number of hydrogen-bond donors (Lipinski definition) is 0. The van der Waals surface area contributed by atoms with Crippen LogP contribution in [0.1, 0.15) is 25.5 Å². The monoisotopic (exact) mass is 416 g/mol. The molecule has 0 aliphatic carbocycles. The van der Waals surface area contributed by atoms with Gasteiger partial charge in [-0.05, 0) is 31.5 Å². The Morgan fingerprint density at radius 1 is 1.24 bits per heavy atom. The minimum atomic E-state index is -0.740. The molecule has 1 unspecified atom stereocenters. The summed E-state index contributed by atoms with van der Waals surface area (Å²) in [6, 6.07) is 6.31. The number of nitrogens with zero attached hydrogens (tertiary/aromatic N) is 2. The van der Waals surface area contributed by atoms with Crippen molar-refractivity contribution in [2.24, 2.45) is 4.99 Å². The molecule has 2 aromatic rings. The maximum atomic E-state index is 13.1. The third kappa shape index (κ3) is 3.86. The molecule has 2 heterocycles. The van der Waals surface area contributed by atoms with E-state index < -0.39 is 23.5 Å². The molecule has 1 aliphatic rings. The Hall–Kier alpha value is -3.20. The van der Waals surface area contributed by atoms with Crippen LogP contribution in [-0.4, -0.2) is 37.3 Å². The molecule has 29 heavy (non-hydrogen) atoms. The number of thiazole rings is 1. The fourth-order valence-electron chi connectivity index (χ4n) is 3.06. The second kappa shape index (κ2) is 8.44. The largest absolute Gasteiger partial charge is 0.497 e. The van der Waals surface area contributed by atoms with E-state index in [2.05, 4.69) is 9.73 Å². The molecular weight excluding hydrogens is 396 g/mol. The number of fused-ring (bicyclic) bond motifs is 1. The molecule has 1 aromatic heterocycles. The predicted molar refractivity (Wildman–Crippen MR) is 106 cm³/mol. The normalized spacial score (nSPS) is 16.1. The van der Waals surface area contributed by atoms with Gasteiger partial charge in [0.25, 0.3) is 5.56 Å². The zero-order valence-electron chi connectivity index (χ0n) is 16.4. The predicted octanol–water partition coefficient (Wildman–Crippen LogP) is 0.932. The number of rotatable bonds is 5. The Kier molecular flexibility index (Phi) is 5.97. The molecule has 0 fully saturated rings. The van der Waals surface area contributed by atoms with Crippen molar-refractivity contribution in [3.05, 3.63) is 60.8 Å². The molecule has 0 saturated heterocycles. The third-order valence-corrected chi connectivity index (χ3v) is 5.38. The minimum absolute atomic E-state index is 0.173. The highest BCUT2D eigenvalue weighted by Crippen LogP contribution is 2.31. The lowest BCUT2D eigenvalue weighted by molar-refractivity contribution is -0.139. The molecule has 0 radical (unpaired) electrons. The van der Waals surface area contributed by atoms with Crippen molar-refractivity contribution in [2.75, 3.05) is 20.8 Å². The first kappa shape index (κ1) is 20.5. The van der Waals surface area contributed by atoms with Gasteiger partial charge in [-0.1, -0.05) is 23.5 Å². The fraction of sp³-hybridized carbons (Fsp3) is 0.300. The Labute approximate surface area is 170 Å². The standard InChI is InChI=1S/C20H20N2O6S/c1-5-28-19(25)16-11(2)21-20-22(18(24)14(29-20)10-15(23)27-4)17(16)12-6-8-13(26-3)9-7-12/h6-10,17H,5H2,1-4H3. The molecule has 1 aromatic carbocycles. The van der Waals surface area contributed by atoms with E-state index in [0.29, 0.717) is 21.8 Å². The van der Waals surface area contributed by atoms with Crippen LogP contribution in [0.5, 0.6) is 5.75 Å². The second-order valence-electron chi connectivity index (χ2n) is 6.10. The van der Waals surface area contributed by atoms with Crippen molar-refractivity contribution in [3.63, 3.8) is 0 Å². The fourth-order valence-corrected chi connectivity index (χ4v) is 4.07. The Bertz CT molecular complexity index is 1160. The number of esters is 2. The summed E-state index contributed by atoms with van der Waals surface area (Å²) in [5.41, 5.74) is 0.979. The lowest BCUT2D eigenvalue weighted by Gasteiger charge is -2.24. The van der Waals surface area contributed by atoms with Gasteiger partial charge in [-0.15, -0.1) is 0 Å². The summed E-state index contributed by atoms with van der Waals surface area (Å²) in [5.74, 6) is -0.542. The molecule has 0 amide bonds.